The van der Waals surface area contributed by atoms with E-state index in [2.05, 4.69) is 41.3 Å². The second kappa shape index (κ2) is 4.30. The van der Waals surface area contributed by atoms with Gasteiger partial charge in [0.15, 0.2) is 6.29 Å². The molecule has 2 nitrogen and oxygen atoms in total. The Hall–Kier alpha value is -0.570. The quantitative estimate of drug-likeness (QED) is 0.760. The minimum Gasteiger partial charge on any atom is -0.347 e. The number of aromatic nitrogens is 1. The van der Waals surface area contributed by atoms with Crippen LogP contribution in [0.1, 0.15) is 48.4 Å². The molecule has 0 saturated heterocycles. The van der Waals surface area contributed by atoms with Crippen LogP contribution in [0.3, 0.4) is 0 Å². The van der Waals surface area contributed by atoms with E-state index in [1.54, 1.807) is 0 Å². The summed E-state index contributed by atoms with van der Waals surface area (Å²) >= 11 is 3.50. The highest BCUT2D eigenvalue weighted by Gasteiger charge is 2.18. The minimum atomic E-state index is 0.428. The van der Waals surface area contributed by atoms with Gasteiger partial charge in [-0.2, -0.15) is 0 Å². The molecule has 0 bridgehead atoms. The average Bonchev–Trinajstić information content (AvgIpc) is 2.37. The van der Waals surface area contributed by atoms with Crippen LogP contribution in [0.25, 0.3) is 0 Å². The zero-order valence-electron chi connectivity index (χ0n) is 9.10. The lowest BCUT2D eigenvalue weighted by Gasteiger charge is -2.11. The van der Waals surface area contributed by atoms with E-state index in [-0.39, 0.29) is 0 Å². The van der Waals surface area contributed by atoms with E-state index in [0.29, 0.717) is 5.92 Å². The van der Waals surface area contributed by atoms with Crippen LogP contribution in [0.5, 0.6) is 0 Å². The molecule has 1 aromatic heterocycles. The van der Waals surface area contributed by atoms with Gasteiger partial charge in [-0.25, -0.2) is 0 Å². The fraction of sp³-hybridized carbons (Fsp3) is 0.545. The molecule has 0 fully saturated rings. The van der Waals surface area contributed by atoms with Crippen LogP contribution in [0.2, 0.25) is 0 Å². The molecule has 0 aromatic carbocycles. The maximum Gasteiger partial charge on any atom is 0.153 e. The van der Waals surface area contributed by atoms with Crippen molar-refractivity contribution in [3.05, 3.63) is 21.4 Å². The van der Waals surface area contributed by atoms with Crippen LogP contribution >= 0.6 is 15.9 Å². The second-order valence-corrected chi connectivity index (χ2v) is 4.51. The molecular formula is C11H16BrNO. The third-order valence-corrected chi connectivity index (χ3v) is 3.36. The van der Waals surface area contributed by atoms with Crippen molar-refractivity contribution in [3.63, 3.8) is 0 Å². The molecule has 1 heterocycles. The minimum absolute atomic E-state index is 0.428. The van der Waals surface area contributed by atoms with Gasteiger partial charge in [-0.3, -0.25) is 4.79 Å². The molecule has 0 saturated carbocycles. The van der Waals surface area contributed by atoms with E-state index >= 15 is 0 Å². The lowest BCUT2D eigenvalue weighted by atomic mass is 10.1. The molecule has 0 radical (unpaired) electrons. The van der Waals surface area contributed by atoms with Gasteiger partial charge in [0, 0.05) is 28.0 Å². The van der Waals surface area contributed by atoms with E-state index < -0.39 is 0 Å². The molecule has 1 aromatic rings. The Labute approximate surface area is 93.4 Å². The van der Waals surface area contributed by atoms with E-state index in [9.17, 15) is 4.79 Å². The van der Waals surface area contributed by atoms with E-state index in [4.69, 9.17) is 0 Å². The summed E-state index contributed by atoms with van der Waals surface area (Å²) in [5.41, 5.74) is 3.06. The first-order chi connectivity index (χ1) is 6.54. The number of nitrogens with zero attached hydrogens (tertiary/aromatic N) is 1. The molecule has 0 aliphatic heterocycles. The fourth-order valence-corrected chi connectivity index (χ4v) is 2.90. The Morgan fingerprint density at radius 2 is 2.07 bits per heavy atom. The Balaban J connectivity index is 3.47. The molecule has 0 spiro atoms. The Bertz CT molecular complexity index is 353. The van der Waals surface area contributed by atoms with E-state index in [0.717, 1.165) is 28.6 Å². The molecular weight excluding hydrogens is 242 g/mol. The summed E-state index contributed by atoms with van der Waals surface area (Å²) in [6, 6.07) is 0. The summed E-state index contributed by atoms with van der Waals surface area (Å²) in [6.07, 6.45) is 0.928. The zero-order valence-corrected chi connectivity index (χ0v) is 10.7. The molecule has 0 unspecified atom stereocenters. The van der Waals surface area contributed by atoms with E-state index in [1.807, 2.05) is 6.92 Å². The lowest BCUT2D eigenvalue weighted by molar-refractivity contribution is 0.112. The Morgan fingerprint density at radius 3 is 2.36 bits per heavy atom. The highest BCUT2D eigenvalue weighted by Crippen LogP contribution is 2.32. The number of aldehydes is 1. The smallest absolute Gasteiger partial charge is 0.153 e. The van der Waals surface area contributed by atoms with Gasteiger partial charge < -0.3 is 4.57 Å². The standard InChI is InChI=1S/C11H16BrNO/c1-5-13-8(4)9(6-14)10(12)11(13)7(2)3/h6-7H,5H2,1-4H3. The first-order valence-corrected chi connectivity index (χ1v) is 5.67. The maximum atomic E-state index is 10.9. The van der Waals surface area contributed by atoms with Gasteiger partial charge in [-0.05, 0) is 35.7 Å². The number of hydrogen-bond donors (Lipinski definition) is 0. The van der Waals surface area contributed by atoms with E-state index in [1.165, 1.54) is 5.69 Å². The van der Waals surface area contributed by atoms with Gasteiger partial charge in [0.2, 0.25) is 0 Å². The molecule has 0 atom stereocenters. The van der Waals surface area contributed by atoms with Crippen LogP contribution < -0.4 is 0 Å². The van der Waals surface area contributed by atoms with Crippen molar-refractivity contribution in [2.75, 3.05) is 0 Å². The predicted molar refractivity (Wildman–Crippen MR) is 62.0 cm³/mol. The maximum absolute atomic E-state index is 10.9. The van der Waals surface area contributed by atoms with Crippen molar-refractivity contribution < 1.29 is 4.79 Å². The summed E-state index contributed by atoms with van der Waals surface area (Å²) in [4.78, 5) is 10.9. The third-order valence-electron chi connectivity index (χ3n) is 2.53. The number of rotatable bonds is 3. The molecule has 0 aliphatic carbocycles. The third kappa shape index (κ3) is 1.65. The molecule has 0 N–H and O–H groups in total. The topological polar surface area (TPSA) is 22.0 Å². The summed E-state index contributed by atoms with van der Waals surface area (Å²) in [5, 5.41) is 0. The molecule has 1 rings (SSSR count). The van der Waals surface area contributed by atoms with Crippen molar-refractivity contribution >= 4 is 22.2 Å². The first kappa shape index (κ1) is 11.5. The highest BCUT2D eigenvalue weighted by molar-refractivity contribution is 9.10. The Morgan fingerprint density at radius 1 is 1.50 bits per heavy atom. The van der Waals surface area contributed by atoms with Gasteiger partial charge in [-0.15, -0.1) is 0 Å². The van der Waals surface area contributed by atoms with Crippen LogP contribution in [0, 0.1) is 6.92 Å². The van der Waals surface area contributed by atoms with Crippen molar-refractivity contribution in [1.29, 1.82) is 0 Å². The average molecular weight is 258 g/mol. The lowest BCUT2D eigenvalue weighted by Crippen LogP contribution is -2.04. The number of hydrogen-bond acceptors (Lipinski definition) is 1. The van der Waals surface area contributed by atoms with Gasteiger partial charge in [0.25, 0.3) is 0 Å². The Kier molecular flexibility index (Phi) is 3.53. The fourth-order valence-electron chi connectivity index (χ4n) is 1.85. The number of carbonyl (C=O) groups excluding carboxylic acids is 1. The SMILES string of the molecule is CCn1c(C)c(C=O)c(Br)c1C(C)C. The molecule has 0 aliphatic rings. The molecule has 0 amide bonds. The summed E-state index contributed by atoms with van der Waals surface area (Å²) < 4.78 is 3.15. The number of carbonyl (C=O) groups is 1. The monoisotopic (exact) mass is 257 g/mol. The van der Waals surface area contributed by atoms with Crippen LogP contribution in [0.4, 0.5) is 0 Å². The highest BCUT2D eigenvalue weighted by atomic mass is 79.9. The van der Waals surface area contributed by atoms with Crippen LogP contribution in [-0.2, 0) is 6.54 Å². The molecule has 3 heteroatoms. The van der Waals surface area contributed by atoms with Crippen molar-refractivity contribution in [1.82, 2.24) is 4.57 Å². The molecule has 78 valence electrons. The predicted octanol–water partition coefficient (Wildman–Crippen LogP) is 3.51. The summed E-state index contributed by atoms with van der Waals surface area (Å²) in [7, 11) is 0. The van der Waals surface area contributed by atoms with Crippen molar-refractivity contribution in [3.8, 4) is 0 Å². The van der Waals surface area contributed by atoms with Crippen molar-refractivity contribution in [2.24, 2.45) is 0 Å². The normalized spacial score (nSPS) is 11.0. The zero-order chi connectivity index (χ0) is 10.9. The van der Waals surface area contributed by atoms with Gasteiger partial charge in [-0.1, -0.05) is 13.8 Å². The second-order valence-electron chi connectivity index (χ2n) is 3.72. The van der Waals surface area contributed by atoms with Crippen LogP contribution in [0.15, 0.2) is 4.47 Å². The first-order valence-electron chi connectivity index (χ1n) is 4.88. The largest absolute Gasteiger partial charge is 0.347 e. The van der Waals surface area contributed by atoms with Gasteiger partial charge >= 0.3 is 0 Å². The van der Waals surface area contributed by atoms with Gasteiger partial charge in [0.05, 0.1) is 0 Å². The molecule has 14 heavy (non-hydrogen) atoms. The summed E-state index contributed by atoms with van der Waals surface area (Å²) in [6.45, 7) is 9.27. The van der Waals surface area contributed by atoms with Gasteiger partial charge in [0.1, 0.15) is 0 Å². The van der Waals surface area contributed by atoms with Crippen molar-refractivity contribution in [2.45, 2.75) is 40.2 Å². The number of halogens is 1. The summed E-state index contributed by atoms with van der Waals surface area (Å²) in [5.74, 6) is 0.428. The van der Waals surface area contributed by atoms with Crippen LogP contribution in [-0.4, -0.2) is 10.9 Å².